The number of para-hydroxylation sites is 1. The fraction of sp³-hybridized carbons (Fsp3) is 0.250. The van der Waals surface area contributed by atoms with Gasteiger partial charge in [0.25, 0.3) is 5.91 Å². The number of hydrogen-bond donors (Lipinski definition) is 5. The van der Waals surface area contributed by atoms with Gasteiger partial charge < -0.3 is 26.4 Å². The van der Waals surface area contributed by atoms with E-state index in [1.54, 1.807) is 18.2 Å². The molecule has 0 aliphatic heterocycles. The van der Waals surface area contributed by atoms with Crippen molar-refractivity contribution in [1.29, 1.82) is 0 Å². The number of nitrogens with one attached hydrogen (secondary N) is 4. The average molecular weight is 449 g/mol. The van der Waals surface area contributed by atoms with Gasteiger partial charge in [-0.15, -0.1) is 0 Å². The van der Waals surface area contributed by atoms with Crippen molar-refractivity contribution >= 4 is 23.5 Å². The molecule has 0 aliphatic carbocycles. The van der Waals surface area contributed by atoms with E-state index in [1.165, 1.54) is 13.0 Å². The van der Waals surface area contributed by atoms with E-state index < -0.39 is 0 Å². The summed E-state index contributed by atoms with van der Waals surface area (Å²) in [4.78, 5) is 32.7. The second-order valence-electron chi connectivity index (χ2n) is 7.35. The summed E-state index contributed by atoms with van der Waals surface area (Å²) in [6.45, 7) is 5.13. The Morgan fingerprint density at radius 3 is 2.00 bits per heavy atom. The first-order valence-electron chi connectivity index (χ1n) is 10.7. The summed E-state index contributed by atoms with van der Waals surface area (Å²) < 4.78 is 0. The van der Waals surface area contributed by atoms with Crippen molar-refractivity contribution in [2.45, 2.75) is 13.8 Å². The molecule has 0 bridgehead atoms. The first-order valence-corrected chi connectivity index (χ1v) is 10.7. The molecule has 1 aromatic heterocycles. The third-order valence-corrected chi connectivity index (χ3v) is 4.82. The smallest absolute Gasteiger partial charge is 0.255 e. The number of aromatic hydroxyl groups is 1. The summed E-state index contributed by atoms with van der Waals surface area (Å²) >= 11 is 0. The molecule has 3 rings (SSSR count). The molecule has 33 heavy (non-hydrogen) atoms. The zero-order valence-corrected chi connectivity index (χ0v) is 18.7. The Labute approximate surface area is 192 Å². The highest BCUT2D eigenvalue weighted by molar-refractivity contribution is 5.96. The van der Waals surface area contributed by atoms with Crippen LogP contribution in [0.5, 0.6) is 5.75 Å². The number of phenolic OH excluding ortho intramolecular Hbond substituents is 1. The zero-order valence-electron chi connectivity index (χ0n) is 18.7. The second kappa shape index (κ2) is 11.5. The van der Waals surface area contributed by atoms with Crippen LogP contribution in [0.15, 0.2) is 54.6 Å². The number of nitrogens with zero attached hydrogens (tertiary/aromatic N) is 2. The molecule has 2 aromatic carbocycles. The summed E-state index contributed by atoms with van der Waals surface area (Å²) in [5.41, 5.74) is 1.93. The monoisotopic (exact) mass is 448 g/mol. The molecule has 9 heteroatoms. The van der Waals surface area contributed by atoms with E-state index in [9.17, 15) is 14.7 Å². The fourth-order valence-electron chi connectivity index (χ4n) is 3.11. The molecule has 0 radical (unpaired) electrons. The highest BCUT2D eigenvalue weighted by atomic mass is 16.3. The number of aromatic nitrogens is 2. The highest BCUT2D eigenvalue weighted by Crippen LogP contribution is 2.25. The summed E-state index contributed by atoms with van der Waals surface area (Å²) in [5.74, 6) is 1.37. The predicted molar refractivity (Wildman–Crippen MR) is 128 cm³/mol. The molecule has 0 saturated heterocycles. The molecule has 0 saturated carbocycles. The van der Waals surface area contributed by atoms with Gasteiger partial charge in [0.05, 0.1) is 5.56 Å². The Bertz CT molecular complexity index is 1100. The lowest BCUT2D eigenvalue weighted by Gasteiger charge is -2.16. The molecular weight excluding hydrogens is 420 g/mol. The van der Waals surface area contributed by atoms with Crippen LogP contribution in [-0.4, -0.2) is 53.1 Å². The minimum Gasteiger partial charge on any atom is -0.507 e. The molecule has 0 spiro atoms. The van der Waals surface area contributed by atoms with Crippen LogP contribution in [0.25, 0.3) is 11.4 Å². The largest absolute Gasteiger partial charge is 0.507 e. The zero-order chi connectivity index (χ0) is 23.6. The average Bonchev–Trinajstić information content (AvgIpc) is 2.81. The molecule has 9 nitrogen and oxygen atoms in total. The summed E-state index contributed by atoms with van der Waals surface area (Å²) in [6.07, 6.45) is 0. The maximum atomic E-state index is 12.3. The molecule has 0 fully saturated rings. The van der Waals surface area contributed by atoms with Crippen LogP contribution in [0.2, 0.25) is 0 Å². The molecule has 0 unspecified atom stereocenters. The van der Waals surface area contributed by atoms with Crippen LogP contribution >= 0.6 is 0 Å². The van der Waals surface area contributed by atoms with Gasteiger partial charge in [0, 0.05) is 44.2 Å². The van der Waals surface area contributed by atoms with Crippen molar-refractivity contribution in [2.75, 3.05) is 36.8 Å². The quantitative estimate of drug-likeness (QED) is 0.302. The first kappa shape index (κ1) is 23.5. The van der Waals surface area contributed by atoms with Crippen LogP contribution < -0.4 is 21.3 Å². The normalized spacial score (nSPS) is 10.4. The van der Waals surface area contributed by atoms with E-state index in [2.05, 4.69) is 31.2 Å². The van der Waals surface area contributed by atoms with Crippen LogP contribution in [-0.2, 0) is 4.79 Å². The van der Waals surface area contributed by atoms with Crippen molar-refractivity contribution in [3.8, 4) is 17.1 Å². The number of carbonyl (C=O) groups is 2. The van der Waals surface area contributed by atoms with Gasteiger partial charge in [-0.1, -0.05) is 42.5 Å². The van der Waals surface area contributed by atoms with Crippen molar-refractivity contribution in [1.82, 2.24) is 20.6 Å². The molecule has 0 aliphatic rings. The number of benzene rings is 2. The number of amides is 2. The molecule has 0 atom stereocenters. The number of phenols is 1. The third-order valence-electron chi connectivity index (χ3n) is 4.82. The SMILES string of the molecule is CC(=O)NCCNc1nc(-c2ccccc2)nc(NCCNC(=O)c2ccccc2O)c1C. The Kier molecular flexibility index (Phi) is 8.18. The molecule has 172 valence electrons. The van der Waals surface area contributed by atoms with Crippen LogP contribution in [0.4, 0.5) is 11.6 Å². The third kappa shape index (κ3) is 6.67. The molecule has 5 N–H and O–H groups in total. The van der Waals surface area contributed by atoms with Gasteiger partial charge in [0.1, 0.15) is 17.4 Å². The Hall–Kier alpha value is -4.14. The lowest BCUT2D eigenvalue weighted by Crippen LogP contribution is -2.29. The number of anilines is 2. The number of hydrogen-bond acceptors (Lipinski definition) is 7. The fourth-order valence-corrected chi connectivity index (χ4v) is 3.11. The summed E-state index contributed by atoms with van der Waals surface area (Å²) in [5, 5.41) is 21.9. The highest BCUT2D eigenvalue weighted by Gasteiger charge is 2.13. The molecular formula is C24H28N6O3. The lowest BCUT2D eigenvalue weighted by molar-refractivity contribution is -0.118. The van der Waals surface area contributed by atoms with Crippen LogP contribution in [0.1, 0.15) is 22.8 Å². The van der Waals surface area contributed by atoms with Crippen LogP contribution in [0.3, 0.4) is 0 Å². The Balaban J connectivity index is 1.68. The maximum absolute atomic E-state index is 12.3. The molecule has 2 amide bonds. The summed E-state index contributed by atoms with van der Waals surface area (Å²) in [7, 11) is 0. The van der Waals surface area contributed by atoms with Gasteiger partial charge >= 0.3 is 0 Å². The van der Waals surface area contributed by atoms with Gasteiger partial charge in [0.15, 0.2) is 5.82 Å². The number of rotatable bonds is 10. The first-order chi connectivity index (χ1) is 16.0. The van der Waals surface area contributed by atoms with E-state index in [0.29, 0.717) is 43.6 Å². The Morgan fingerprint density at radius 2 is 1.39 bits per heavy atom. The Morgan fingerprint density at radius 1 is 0.818 bits per heavy atom. The van der Waals surface area contributed by atoms with Crippen molar-refractivity contribution in [3.05, 3.63) is 65.7 Å². The molecule has 3 aromatic rings. The van der Waals surface area contributed by atoms with E-state index in [0.717, 1.165) is 11.1 Å². The van der Waals surface area contributed by atoms with Crippen molar-refractivity contribution < 1.29 is 14.7 Å². The van der Waals surface area contributed by atoms with E-state index >= 15 is 0 Å². The van der Waals surface area contributed by atoms with E-state index in [-0.39, 0.29) is 23.1 Å². The van der Waals surface area contributed by atoms with Crippen molar-refractivity contribution in [2.24, 2.45) is 0 Å². The van der Waals surface area contributed by atoms with Gasteiger partial charge in [-0.3, -0.25) is 9.59 Å². The standard InChI is InChI=1S/C24H28N6O3/c1-16-21(26-13-12-25-17(2)31)29-23(18-8-4-3-5-9-18)30-22(16)27-14-15-28-24(33)19-10-6-7-11-20(19)32/h3-11,32H,12-15H2,1-2H3,(H,25,31)(H,28,33)(H2,26,27,29,30). The van der Waals surface area contributed by atoms with Gasteiger partial charge in [-0.2, -0.15) is 0 Å². The van der Waals surface area contributed by atoms with E-state index in [4.69, 9.17) is 0 Å². The van der Waals surface area contributed by atoms with Crippen molar-refractivity contribution in [3.63, 3.8) is 0 Å². The van der Waals surface area contributed by atoms with E-state index in [1.807, 2.05) is 37.3 Å². The topological polar surface area (TPSA) is 128 Å². The van der Waals surface area contributed by atoms with Gasteiger partial charge in [-0.25, -0.2) is 9.97 Å². The summed E-state index contributed by atoms with van der Waals surface area (Å²) in [6, 6.07) is 16.0. The minimum atomic E-state index is -0.348. The van der Waals surface area contributed by atoms with Gasteiger partial charge in [0.2, 0.25) is 5.91 Å². The van der Waals surface area contributed by atoms with Gasteiger partial charge in [-0.05, 0) is 19.1 Å². The number of carbonyl (C=O) groups excluding carboxylic acids is 2. The molecule has 1 heterocycles. The lowest BCUT2D eigenvalue weighted by atomic mass is 10.2. The maximum Gasteiger partial charge on any atom is 0.255 e. The van der Waals surface area contributed by atoms with Crippen LogP contribution in [0, 0.1) is 6.92 Å². The minimum absolute atomic E-state index is 0.0583. The second-order valence-corrected chi connectivity index (χ2v) is 7.35. The predicted octanol–water partition coefficient (Wildman–Crippen LogP) is 2.55.